The number of benzene rings is 1. The van der Waals surface area contributed by atoms with E-state index in [-0.39, 0.29) is 0 Å². The highest BCUT2D eigenvalue weighted by molar-refractivity contribution is 7.80. The zero-order valence-electron chi connectivity index (χ0n) is 12.3. The Balaban J connectivity index is 2.68. The molecule has 1 aromatic rings. The highest BCUT2D eigenvalue weighted by atomic mass is 32.1. The highest BCUT2D eigenvalue weighted by Gasteiger charge is 2.09. The summed E-state index contributed by atoms with van der Waals surface area (Å²) >= 11 is 5.13. The van der Waals surface area contributed by atoms with Crippen LogP contribution in [0.25, 0.3) is 0 Å². The van der Waals surface area contributed by atoms with E-state index in [2.05, 4.69) is 44.3 Å². The van der Waals surface area contributed by atoms with Gasteiger partial charge in [-0.05, 0) is 31.4 Å². The van der Waals surface area contributed by atoms with E-state index in [1.54, 1.807) is 0 Å². The normalized spacial score (nSPS) is 12.2. The van der Waals surface area contributed by atoms with Crippen molar-refractivity contribution in [3.63, 3.8) is 0 Å². The Kier molecular flexibility index (Phi) is 6.85. The number of anilines is 1. The highest BCUT2D eigenvalue weighted by Crippen LogP contribution is 2.19. The van der Waals surface area contributed by atoms with Gasteiger partial charge in [-0.15, -0.1) is 0 Å². The minimum absolute atomic E-state index is 0.466. The van der Waals surface area contributed by atoms with Gasteiger partial charge in [0.2, 0.25) is 0 Å². The summed E-state index contributed by atoms with van der Waals surface area (Å²) in [5, 5.41) is 3.51. The van der Waals surface area contributed by atoms with Crippen LogP contribution in [0.1, 0.15) is 50.7 Å². The van der Waals surface area contributed by atoms with Crippen molar-refractivity contribution in [3.8, 4) is 0 Å². The standard InChI is InChI=1S/C16H26N2S/c1-4-6-7-13(5-2)11-18-15-9-8-12(3)10-14(15)16(17)19/h8-10,13,18H,4-7,11H2,1-3H3,(H2,17,19). The molecule has 1 atom stereocenters. The molecule has 2 nitrogen and oxygen atoms in total. The van der Waals surface area contributed by atoms with Crippen LogP contribution in [-0.2, 0) is 0 Å². The van der Waals surface area contributed by atoms with Crippen molar-refractivity contribution in [1.29, 1.82) is 0 Å². The molecule has 0 aliphatic heterocycles. The minimum Gasteiger partial charge on any atom is -0.389 e. The van der Waals surface area contributed by atoms with E-state index in [1.165, 1.54) is 31.2 Å². The molecule has 0 bridgehead atoms. The van der Waals surface area contributed by atoms with Gasteiger partial charge in [-0.3, -0.25) is 0 Å². The van der Waals surface area contributed by atoms with Gasteiger partial charge in [0.25, 0.3) is 0 Å². The molecule has 0 saturated carbocycles. The van der Waals surface area contributed by atoms with Gasteiger partial charge in [0.15, 0.2) is 0 Å². The molecule has 0 fully saturated rings. The predicted octanol–water partition coefficient (Wildman–Crippen LogP) is 4.26. The van der Waals surface area contributed by atoms with E-state index in [0.29, 0.717) is 4.99 Å². The Morgan fingerprint density at radius 3 is 2.68 bits per heavy atom. The first-order chi connectivity index (χ1) is 9.08. The average Bonchev–Trinajstić information content (AvgIpc) is 2.40. The van der Waals surface area contributed by atoms with Crippen LogP contribution in [0.15, 0.2) is 18.2 Å². The van der Waals surface area contributed by atoms with E-state index in [4.69, 9.17) is 18.0 Å². The molecule has 0 saturated heterocycles. The fourth-order valence-corrected chi connectivity index (χ4v) is 2.38. The number of hydrogen-bond acceptors (Lipinski definition) is 2. The lowest BCUT2D eigenvalue weighted by molar-refractivity contribution is 0.473. The van der Waals surface area contributed by atoms with Crippen molar-refractivity contribution in [3.05, 3.63) is 29.3 Å². The van der Waals surface area contributed by atoms with Crippen LogP contribution in [0.5, 0.6) is 0 Å². The van der Waals surface area contributed by atoms with Crippen molar-refractivity contribution in [2.24, 2.45) is 11.7 Å². The quantitative estimate of drug-likeness (QED) is 0.698. The maximum Gasteiger partial charge on any atom is 0.106 e. The van der Waals surface area contributed by atoms with Crippen molar-refractivity contribution < 1.29 is 0 Å². The van der Waals surface area contributed by atoms with Crippen molar-refractivity contribution in [2.75, 3.05) is 11.9 Å². The summed E-state index contributed by atoms with van der Waals surface area (Å²) < 4.78 is 0. The molecule has 0 aromatic heterocycles. The second kappa shape index (κ2) is 8.16. The number of thiocarbonyl (C=S) groups is 1. The first kappa shape index (κ1) is 16.0. The van der Waals surface area contributed by atoms with Crippen LogP contribution in [0.2, 0.25) is 0 Å². The number of nitrogens with two attached hydrogens (primary N) is 1. The van der Waals surface area contributed by atoms with Gasteiger partial charge in [0, 0.05) is 17.8 Å². The smallest absolute Gasteiger partial charge is 0.106 e. The summed E-state index contributed by atoms with van der Waals surface area (Å²) in [7, 11) is 0. The second-order valence-electron chi connectivity index (χ2n) is 5.21. The number of aryl methyl sites for hydroxylation is 1. The number of nitrogens with one attached hydrogen (secondary N) is 1. The third-order valence-corrected chi connectivity index (χ3v) is 3.78. The SMILES string of the molecule is CCCCC(CC)CNc1ccc(C)cc1C(N)=S. The van der Waals surface area contributed by atoms with E-state index in [0.717, 1.165) is 23.7 Å². The lowest BCUT2D eigenvalue weighted by atomic mass is 9.99. The van der Waals surface area contributed by atoms with Gasteiger partial charge < -0.3 is 11.1 Å². The lowest BCUT2D eigenvalue weighted by Crippen LogP contribution is -2.18. The molecule has 1 aromatic carbocycles. The third kappa shape index (κ3) is 5.19. The largest absolute Gasteiger partial charge is 0.389 e. The molecule has 0 aliphatic carbocycles. The second-order valence-corrected chi connectivity index (χ2v) is 5.65. The maximum absolute atomic E-state index is 5.79. The molecule has 3 heteroatoms. The summed E-state index contributed by atoms with van der Waals surface area (Å²) in [6, 6.07) is 6.23. The Hall–Kier alpha value is -1.09. The molecule has 1 unspecified atom stereocenters. The molecule has 3 N–H and O–H groups in total. The molecular weight excluding hydrogens is 252 g/mol. The van der Waals surface area contributed by atoms with E-state index in [1.807, 2.05) is 0 Å². The Bertz CT molecular complexity index is 415. The summed E-state index contributed by atoms with van der Waals surface area (Å²) in [6.07, 6.45) is 5.06. The van der Waals surface area contributed by atoms with Crippen LogP contribution in [-0.4, -0.2) is 11.5 Å². The van der Waals surface area contributed by atoms with Crippen LogP contribution in [0.3, 0.4) is 0 Å². The molecular formula is C16H26N2S. The minimum atomic E-state index is 0.466. The molecule has 0 amide bonds. The average molecular weight is 278 g/mol. The predicted molar refractivity (Wildman–Crippen MR) is 88.9 cm³/mol. The zero-order chi connectivity index (χ0) is 14.3. The summed E-state index contributed by atoms with van der Waals surface area (Å²) in [5.74, 6) is 0.723. The molecule has 0 spiro atoms. The molecule has 0 heterocycles. The van der Waals surface area contributed by atoms with E-state index in [9.17, 15) is 0 Å². The molecule has 1 rings (SSSR count). The Labute approximate surface area is 122 Å². The fraction of sp³-hybridized carbons (Fsp3) is 0.562. The molecule has 0 aliphatic rings. The number of hydrogen-bond donors (Lipinski definition) is 2. The van der Waals surface area contributed by atoms with Gasteiger partial charge in [0.05, 0.1) is 0 Å². The molecule has 106 valence electrons. The maximum atomic E-state index is 5.79. The molecule has 19 heavy (non-hydrogen) atoms. The van der Waals surface area contributed by atoms with Gasteiger partial charge >= 0.3 is 0 Å². The summed E-state index contributed by atoms with van der Waals surface area (Å²) in [4.78, 5) is 0.466. The van der Waals surface area contributed by atoms with Gasteiger partial charge in [-0.2, -0.15) is 0 Å². The number of unbranched alkanes of at least 4 members (excludes halogenated alkanes) is 1. The van der Waals surface area contributed by atoms with E-state index < -0.39 is 0 Å². The zero-order valence-corrected chi connectivity index (χ0v) is 13.1. The van der Waals surface area contributed by atoms with Gasteiger partial charge in [-0.1, -0.05) is 57.0 Å². The van der Waals surface area contributed by atoms with Gasteiger partial charge in [-0.25, -0.2) is 0 Å². The van der Waals surface area contributed by atoms with Crippen molar-refractivity contribution in [2.45, 2.75) is 46.5 Å². The van der Waals surface area contributed by atoms with Gasteiger partial charge in [0.1, 0.15) is 4.99 Å². The first-order valence-corrected chi connectivity index (χ1v) is 7.63. The van der Waals surface area contributed by atoms with Crippen molar-refractivity contribution in [1.82, 2.24) is 0 Å². The lowest BCUT2D eigenvalue weighted by Gasteiger charge is -2.18. The fourth-order valence-electron chi connectivity index (χ4n) is 2.21. The van der Waals surface area contributed by atoms with Crippen molar-refractivity contribution >= 4 is 22.9 Å². The van der Waals surface area contributed by atoms with E-state index >= 15 is 0 Å². The van der Waals surface area contributed by atoms with Crippen LogP contribution < -0.4 is 11.1 Å². The third-order valence-electron chi connectivity index (χ3n) is 3.56. The molecule has 0 radical (unpaired) electrons. The van der Waals surface area contributed by atoms with Crippen LogP contribution in [0.4, 0.5) is 5.69 Å². The van der Waals surface area contributed by atoms with Crippen LogP contribution >= 0.6 is 12.2 Å². The topological polar surface area (TPSA) is 38.0 Å². The monoisotopic (exact) mass is 278 g/mol. The van der Waals surface area contributed by atoms with Crippen LogP contribution in [0, 0.1) is 12.8 Å². The number of rotatable bonds is 8. The summed E-state index contributed by atoms with van der Waals surface area (Å²) in [6.45, 7) is 7.55. The first-order valence-electron chi connectivity index (χ1n) is 7.22. The Morgan fingerprint density at radius 1 is 1.37 bits per heavy atom. The Morgan fingerprint density at radius 2 is 2.11 bits per heavy atom. The summed E-state index contributed by atoms with van der Waals surface area (Å²) in [5.41, 5.74) is 9.00.